The highest BCUT2D eigenvalue weighted by Gasteiger charge is 2.41. The molecule has 2 aliphatic heterocycles. The van der Waals surface area contributed by atoms with E-state index >= 15 is 0 Å². The third-order valence-electron chi connectivity index (χ3n) is 13.9. The first kappa shape index (κ1) is 35.3. The largest absolute Gasteiger partial charge is 0.317 e. The van der Waals surface area contributed by atoms with Crippen LogP contribution in [0, 0.1) is 6.92 Å². The maximum Gasteiger partial charge on any atom is 0.252 e. The maximum absolute atomic E-state index is 2.51. The molecule has 0 spiro atoms. The molecule has 0 atom stereocenters. The summed E-state index contributed by atoms with van der Waals surface area (Å²) in [6, 6.07) is 76.2. The number of nitrogens with zero attached hydrogens (tertiary/aromatic N) is 4. The molecule has 64 heavy (non-hydrogen) atoms. The second-order valence-electron chi connectivity index (χ2n) is 17.4. The van der Waals surface area contributed by atoms with Gasteiger partial charge in [0.2, 0.25) is 0 Å². The molecule has 298 valence electrons. The van der Waals surface area contributed by atoms with Gasteiger partial charge in [-0.05, 0) is 106 Å². The predicted molar refractivity (Wildman–Crippen MR) is 271 cm³/mol. The number of aryl methyl sites for hydroxylation is 1. The standard InChI is InChI=1S/C59H39BN4/c1-38-26-27-46-41(36-38)37-55-56-59(46)62-35-33-48-54(64(43-20-6-3-7-21-43)52-25-13-17-40-15-9-11-23-45(40)52)31-29-50(58(48)62)60(56)49-28-30-53(47-32-34-61(55)57(47)49)63(42-18-4-2-5-19-42)51-24-12-16-39-14-8-10-22-44(39)51/h2-37H,1H3. The van der Waals surface area contributed by atoms with Crippen molar-refractivity contribution in [3.05, 3.63) is 224 Å². The predicted octanol–water partition coefficient (Wildman–Crippen LogP) is 13.4. The van der Waals surface area contributed by atoms with Crippen molar-refractivity contribution >= 4 is 111 Å². The van der Waals surface area contributed by atoms with Gasteiger partial charge in [-0.2, -0.15) is 0 Å². The fourth-order valence-electron chi connectivity index (χ4n) is 11.3. The lowest BCUT2D eigenvalue weighted by molar-refractivity contribution is 1.11. The van der Waals surface area contributed by atoms with Crippen molar-refractivity contribution in [2.75, 3.05) is 9.80 Å². The van der Waals surface area contributed by atoms with Gasteiger partial charge in [0.25, 0.3) is 6.71 Å². The summed E-state index contributed by atoms with van der Waals surface area (Å²) >= 11 is 0. The minimum atomic E-state index is 0.0130. The second kappa shape index (κ2) is 13.4. The molecule has 4 nitrogen and oxygen atoms in total. The maximum atomic E-state index is 2.51. The molecule has 2 aliphatic rings. The van der Waals surface area contributed by atoms with Crippen LogP contribution in [0.5, 0.6) is 0 Å². The molecule has 0 saturated carbocycles. The highest BCUT2D eigenvalue weighted by Crippen LogP contribution is 2.46. The summed E-state index contributed by atoms with van der Waals surface area (Å²) in [6.45, 7) is 2.22. The first-order valence-corrected chi connectivity index (χ1v) is 22.2. The van der Waals surface area contributed by atoms with E-state index in [1.54, 1.807) is 0 Å². The summed E-state index contributed by atoms with van der Waals surface area (Å²) in [7, 11) is 0. The van der Waals surface area contributed by atoms with E-state index < -0.39 is 0 Å². The molecular formula is C59H39BN4. The Hall–Kier alpha value is -8.28. The van der Waals surface area contributed by atoms with E-state index in [9.17, 15) is 0 Å². The van der Waals surface area contributed by atoms with Gasteiger partial charge >= 0.3 is 0 Å². The van der Waals surface area contributed by atoms with Crippen LogP contribution in [0.4, 0.5) is 34.1 Å². The Bertz CT molecular complexity index is 3870. The minimum absolute atomic E-state index is 0.0130. The number of aromatic nitrogens is 2. The Morgan fingerprint density at radius 3 is 1.47 bits per heavy atom. The van der Waals surface area contributed by atoms with Crippen molar-refractivity contribution in [1.29, 1.82) is 0 Å². The third kappa shape index (κ3) is 4.89. The van der Waals surface area contributed by atoms with Crippen molar-refractivity contribution < 1.29 is 0 Å². The average molecular weight is 815 g/mol. The number of rotatable bonds is 6. The van der Waals surface area contributed by atoms with Gasteiger partial charge in [-0.1, -0.05) is 145 Å². The van der Waals surface area contributed by atoms with Crippen molar-refractivity contribution in [3.63, 3.8) is 0 Å². The monoisotopic (exact) mass is 814 g/mol. The molecule has 2 aromatic heterocycles. The van der Waals surface area contributed by atoms with Gasteiger partial charge in [0.05, 0.1) is 39.5 Å². The zero-order valence-electron chi connectivity index (χ0n) is 35.2. The Morgan fingerprint density at radius 2 is 0.875 bits per heavy atom. The topological polar surface area (TPSA) is 16.3 Å². The number of benzene rings is 10. The highest BCUT2D eigenvalue weighted by atomic mass is 15.2. The molecule has 0 fully saturated rings. The number of anilines is 6. The van der Waals surface area contributed by atoms with Crippen LogP contribution in [0.1, 0.15) is 5.56 Å². The van der Waals surface area contributed by atoms with E-state index in [1.165, 1.54) is 87.4 Å². The lowest BCUT2D eigenvalue weighted by Gasteiger charge is -2.36. The van der Waals surface area contributed by atoms with Crippen molar-refractivity contribution in [2.45, 2.75) is 6.92 Å². The minimum Gasteiger partial charge on any atom is -0.317 e. The van der Waals surface area contributed by atoms with Gasteiger partial charge in [0, 0.05) is 56.4 Å². The number of fused-ring (bicyclic) bond motifs is 8. The Kier molecular flexibility index (Phi) is 7.38. The van der Waals surface area contributed by atoms with E-state index in [2.05, 4.69) is 245 Å². The molecule has 0 aliphatic carbocycles. The van der Waals surface area contributed by atoms with Crippen LogP contribution in [0.15, 0.2) is 219 Å². The van der Waals surface area contributed by atoms with E-state index in [0.717, 1.165) is 34.1 Å². The number of hydrogen-bond donors (Lipinski definition) is 0. The molecule has 5 heteroatoms. The van der Waals surface area contributed by atoms with Gasteiger partial charge in [-0.15, -0.1) is 0 Å². The Balaban J connectivity index is 1.05. The van der Waals surface area contributed by atoms with E-state index in [-0.39, 0.29) is 6.71 Å². The zero-order valence-corrected chi connectivity index (χ0v) is 35.2. The first-order valence-electron chi connectivity index (χ1n) is 22.2. The lowest BCUT2D eigenvalue weighted by atomic mass is 9.34. The highest BCUT2D eigenvalue weighted by molar-refractivity contribution is 7.00. The van der Waals surface area contributed by atoms with Crippen LogP contribution in [0.25, 0.3) is 65.5 Å². The molecule has 0 unspecified atom stereocenters. The first-order chi connectivity index (χ1) is 31.7. The molecule has 4 heterocycles. The number of hydrogen-bond acceptors (Lipinski definition) is 2. The van der Waals surface area contributed by atoms with Gasteiger partial charge < -0.3 is 18.9 Å². The molecular weight excluding hydrogens is 775 g/mol. The molecule has 0 bridgehead atoms. The fraction of sp³-hybridized carbons (Fsp3) is 0.0169. The molecule has 0 radical (unpaired) electrons. The summed E-state index contributed by atoms with van der Waals surface area (Å²) in [4.78, 5) is 4.92. The fourth-order valence-corrected chi connectivity index (χ4v) is 11.3. The molecule has 0 N–H and O–H groups in total. The lowest BCUT2D eigenvalue weighted by Crippen LogP contribution is -2.59. The zero-order chi connectivity index (χ0) is 42.0. The Morgan fingerprint density at radius 1 is 0.375 bits per heavy atom. The van der Waals surface area contributed by atoms with Crippen molar-refractivity contribution in [3.8, 4) is 11.4 Å². The molecule has 0 saturated heterocycles. The average Bonchev–Trinajstić information content (AvgIpc) is 4.00. The molecule has 0 amide bonds. The van der Waals surface area contributed by atoms with E-state index in [0.29, 0.717) is 0 Å². The molecule has 12 aromatic rings. The Labute approximate surface area is 371 Å². The number of para-hydroxylation sites is 2. The summed E-state index contributed by atoms with van der Waals surface area (Å²) in [6.07, 6.45) is 4.63. The van der Waals surface area contributed by atoms with E-state index in [4.69, 9.17) is 0 Å². The van der Waals surface area contributed by atoms with Crippen LogP contribution in [0.2, 0.25) is 0 Å². The molecule has 10 aromatic carbocycles. The summed E-state index contributed by atoms with van der Waals surface area (Å²) < 4.78 is 4.99. The smallest absolute Gasteiger partial charge is 0.252 e. The SMILES string of the molecule is Cc1ccc2c3c4c(cc2c1)-n1ccc2c(N(c5ccccc5)c5cccc6ccccc56)ccc(c21)B4c1ccc(N(c2ccccc2)c2cccc4ccccc24)c2ccn-3c12. The normalized spacial score (nSPS) is 12.4. The second-order valence-corrected chi connectivity index (χ2v) is 17.4. The molecule has 14 rings (SSSR count). The van der Waals surface area contributed by atoms with Gasteiger partial charge in [-0.25, -0.2) is 0 Å². The third-order valence-corrected chi connectivity index (χ3v) is 13.9. The quantitative estimate of drug-likeness (QED) is 0.156. The van der Waals surface area contributed by atoms with Crippen LogP contribution in [0.3, 0.4) is 0 Å². The van der Waals surface area contributed by atoms with Crippen LogP contribution in [-0.4, -0.2) is 15.8 Å². The van der Waals surface area contributed by atoms with Crippen LogP contribution < -0.4 is 26.2 Å². The summed E-state index contributed by atoms with van der Waals surface area (Å²) in [5, 5.41) is 9.86. The van der Waals surface area contributed by atoms with Gasteiger partial charge in [0.15, 0.2) is 0 Å². The van der Waals surface area contributed by atoms with Gasteiger partial charge in [0.1, 0.15) is 0 Å². The van der Waals surface area contributed by atoms with Crippen molar-refractivity contribution in [2.24, 2.45) is 0 Å². The van der Waals surface area contributed by atoms with E-state index in [1.807, 2.05) is 0 Å². The van der Waals surface area contributed by atoms with Crippen LogP contribution in [-0.2, 0) is 0 Å². The van der Waals surface area contributed by atoms with Gasteiger partial charge in [-0.3, -0.25) is 0 Å². The summed E-state index contributed by atoms with van der Waals surface area (Å²) in [5.41, 5.74) is 17.2. The van der Waals surface area contributed by atoms with Crippen LogP contribution >= 0.6 is 0 Å². The summed E-state index contributed by atoms with van der Waals surface area (Å²) in [5.74, 6) is 0. The van der Waals surface area contributed by atoms with Crippen molar-refractivity contribution in [1.82, 2.24) is 9.13 Å².